The number of hydrogen-bond acceptors (Lipinski definition) is 11. The lowest BCUT2D eigenvalue weighted by atomic mass is 9.85. The van der Waals surface area contributed by atoms with E-state index in [1.165, 1.54) is 12.5 Å². The van der Waals surface area contributed by atoms with Gasteiger partial charge in [-0.05, 0) is 32.1 Å². The first-order valence-corrected chi connectivity index (χ1v) is 17.4. The molecule has 13 nitrogen and oxygen atoms in total. The van der Waals surface area contributed by atoms with Gasteiger partial charge < -0.3 is 46.0 Å². The number of allylic oxidation sites excluding steroid dienone is 2. The van der Waals surface area contributed by atoms with Crippen LogP contribution in [0.25, 0.3) is 0 Å². The van der Waals surface area contributed by atoms with Crippen LogP contribution >= 0.6 is 7.82 Å². The van der Waals surface area contributed by atoms with E-state index in [1.54, 1.807) is 6.08 Å². The van der Waals surface area contributed by atoms with Crippen LogP contribution < -0.4 is 5.32 Å². The number of carbonyl (C=O) groups is 1. The van der Waals surface area contributed by atoms with Gasteiger partial charge in [-0.15, -0.1) is 0 Å². The molecular formula is C30H56NO12P. The maximum atomic E-state index is 12.7. The summed E-state index contributed by atoms with van der Waals surface area (Å²) in [5.41, 5.74) is 0. The van der Waals surface area contributed by atoms with Crippen LogP contribution in [0.5, 0.6) is 0 Å². The molecule has 0 bridgehead atoms. The Bertz CT molecular complexity index is 874. The quantitative estimate of drug-likeness (QED) is 0.0437. The van der Waals surface area contributed by atoms with E-state index >= 15 is 0 Å². The van der Waals surface area contributed by atoms with Crippen molar-refractivity contribution >= 4 is 13.7 Å². The maximum absolute atomic E-state index is 12.7. The molecule has 14 heteroatoms. The predicted molar refractivity (Wildman–Crippen MR) is 164 cm³/mol. The van der Waals surface area contributed by atoms with Gasteiger partial charge in [0.25, 0.3) is 0 Å². The third kappa shape index (κ3) is 15.9. The minimum Gasteiger partial charge on any atom is -0.392 e. The third-order valence-electron chi connectivity index (χ3n) is 7.53. The van der Waals surface area contributed by atoms with E-state index in [-0.39, 0.29) is 12.8 Å². The van der Waals surface area contributed by atoms with E-state index in [9.17, 15) is 50.0 Å². The van der Waals surface area contributed by atoms with E-state index in [1.807, 2.05) is 12.2 Å². The Kier molecular flexibility index (Phi) is 20.7. The number of unbranched alkanes of at least 4 members (excludes halogenated alkanes) is 9. The number of phosphoric acid groups is 1. The Morgan fingerprint density at radius 1 is 0.795 bits per heavy atom. The van der Waals surface area contributed by atoms with E-state index in [4.69, 9.17) is 9.05 Å². The molecular weight excluding hydrogens is 597 g/mol. The summed E-state index contributed by atoms with van der Waals surface area (Å²) >= 11 is 0. The van der Waals surface area contributed by atoms with Gasteiger partial charge in [0.15, 0.2) is 0 Å². The van der Waals surface area contributed by atoms with Gasteiger partial charge in [-0.2, -0.15) is 0 Å². The Hall–Kier alpha value is -1.22. The first-order valence-electron chi connectivity index (χ1n) is 15.9. The number of carbonyl (C=O) groups excluding carboxylic acids is 1. The SMILES string of the molecule is CCCCCC/C=C\CC(O)CC(=O)NC(COP(=O)(O)OC1C(O)C(O)C(O)C(O)C1O)C(O)/C=C/CCCCCCC. The van der Waals surface area contributed by atoms with Crippen LogP contribution in [-0.2, 0) is 18.4 Å². The fourth-order valence-corrected chi connectivity index (χ4v) is 5.73. The van der Waals surface area contributed by atoms with E-state index in [0.717, 1.165) is 57.8 Å². The molecule has 8 atom stereocenters. The van der Waals surface area contributed by atoms with Crippen LogP contribution in [0.2, 0.25) is 0 Å². The summed E-state index contributed by atoms with van der Waals surface area (Å²) < 4.78 is 22.5. The number of hydrogen-bond donors (Lipinski definition) is 9. The standard InChI is InChI=1S/C30H56NO12P/c1-3-5-7-9-11-13-15-17-21(32)19-24(34)31-22(23(33)18-16-14-12-10-8-6-4-2)20-42-44(40,41)43-30-28(38)26(36)25(35)27(37)29(30)39/h13,15-16,18,21-23,25-30,32-33,35-39H,3-12,14,17,19-20H2,1-2H3,(H,31,34)(H,40,41)/b15-13-,18-16+. The van der Waals surface area contributed by atoms with E-state index in [0.29, 0.717) is 6.42 Å². The molecule has 8 unspecified atom stereocenters. The topological polar surface area (TPSA) is 226 Å². The molecule has 1 amide bonds. The fraction of sp³-hybridized carbons (Fsp3) is 0.833. The molecule has 1 aliphatic carbocycles. The summed E-state index contributed by atoms with van der Waals surface area (Å²) in [4.78, 5) is 22.9. The number of nitrogens with one attached hydrogen (secondary N) is 1. The number of amides is 1. The summed E-state index contributed by atoms with van der Waals surface area (Å²) in [5.74, 6) is -0.637. The molecule has 9 N–H and O–H groups in total. The molecule has 0 aromatic heterocycles. The number of phosphoric ester groups is 1. The van der Waals surface area contributed by atoms with Crippen molar-refractivity contribution in [3.63, 3.8) is 0 Å². The zero-order valence-electron chi connectivity index (χ0n) is 26.1. The summed E-state index contributed by atoms with van der Waals surface area (Å²) in [6.45, 7) is 3.50. The second kappa shape index (κ2) is 22.3. The van der Waals surface area contributed by atoms with Crippen molar-refractivity contribution in [2.45, 2.75) is 152 Å². The van der Waals surface area contributed by atoms with Crippen molar-refractivity contribution in [2.75, 3.05) is 6.61 Å². The van der Waals surface area contributed by atoms with Crippen LogP contribution in [0, 0.1) is 0 Å². The van der Waals surface area contributed by atoms with Gasteiger partial charge in [-0.1, -0.05) is 83.1 Å². The highest BCUT2D eigenvalue weighted by Gasteiger charge is 2.51. The molecule has 1 saturated carbocycles. The highest BCUT2D eigenvalue weighted by atomic mass is 31.2. The molecule has 44 heavy (non-hydrogen) atoms. The first-order chi connectivity index (χ1) is 20.8. The Balaban J connectivity index is 2.80. The van der Waals surface area contributed by atoms with Gasteiger partial charge in [0.05, 0.1) is 31.3 Å². The molecule has 258 valence electrons. The molecule has 1 fully saturated rings. The molecule has 0 aromatic carbocycles. The van der Waals surface area contributed by atoms with Gasteiger partial charge in [0, 0.05) is 0 Å². The third-order valence-corrected chi connectivity index (χ3v) is 8.52. The lowest BCUT2D eigenvalue weighted by Gasteiger charge is -2.41. The molecule has 0 aromatic rings. The summed E-state index contributed by atoms with van der Waals surface area (Å²) in [7, 11) is -5.12. The molecule has 0 spiro atoms. The second-order valence-electron chi connectivity index (χ2n) is 11.5. The lowest BCUT2D eigenvalue weighted by molar-refractivity contribution is -0.220. The zero-order valence-corrected chi connectivity index (χ0v) is 27.0. The fourth-order valence-electron chi connectivity index (χ4n) is 4.76. The van der Waals surface area contributed by atoms with Crippen molar-refractivity contribution in [1.82, 2.24) is 5.32 Å². The number of aliphatic hydroxyl groups excluding tert-OH is 7. The zero-order chi connectivity index (χ0) is 33.1. The predicted octanol–water partition coefficient (Wildman–Crippen LogP) is 1.74. The van der Waals surface area contributed by atoms with Gasteiger partial charge >= 0.3 is 7.82 Å². The molecule has 1 rings (SSSR count). The van der Waals surface area contributed by atoms with E-state index < -0.39 is 75.2 Å². The second-order valence-corrected chi connectivity index (χ2v) is 12.9. The first kappa shape index (κ1) is 40.8. The normalized spacial score (nSPS) is 27.8. The highest BCUT2D eigenvalue weighted by Crippen LogP contribution is 2.47. The smallest absolute Gasteiger partial charge is 0.392 e. The Labute approximate surface area is 261 Å². The molecule has 0 aliphatic heterocycles. The van der Waals surface area contributed by atoms with Gasteiger partial charge in [-0.3, -0.25) is 13.8 Å². The van der Waals surface area contributed by atoms with E-state index in [2.05, 4.69) is 19.2 Å². The largest absolute Gasteiger partial charge is 0.472 e. The minimum absolute atomic E-state index is 0.251. The summed E-state index contributed by atoms with van der Waals surface area (Å²) in [6.07, 6.45) is 3.86. The maximum Gasteiger partial charge on any atom is 0.472 e. The van der Waals surface area contributed by atoms with Crippen molar-refractivity contribution in [2.24, 2.45) is 0 Å². The van der Waals surface area contributed by atoms with Crippen LogP contribution in [0.1, 0.15) is 97.3 Å². The minimum atomic E-state index is -5.12. The highest BCUT2D eigenvalue weighted by molar-refractivity contribution is 7.47. The summed E-state index contributed by atoms with van der Waals surface area (Å²) in [6, 6.07) is -1.25. The van der Waals surface area contributed by atoms with Crippen molar-refractivity contribution in [1.29, 1.82) is 0 Å². The van der Waals surface area contributed by atoms with Crippen molar-refractivity contribution in [3.05, 3.63) is 24.3 Å². The van der Waals surface area contributed by atoms with Gasteiger partial charge in [0.2, 0.25) is 5.91 Å². The average molecular weight is 654 g/mol. The van der Waals surface area contributed by atoms with Crippen LogP contribution in [0.3, 0.4) is 0 Å². The average Bonchev–Trinajstić information content (AvgIpc) is 2.98. The number of rotatable bonds is 23. The lowest BCUT2D eigenvalue weighted by Crippen LogP contribution is -2.64. The Morgan fingerprint density at radius 2 is 1.32 bits per heavy atom. The summed E-state index contributed by atoms with van der Waals surface area (Å²) in [5, 5.41) is 73.2. The van der Waals surface area contributed by atoms with Crippen LogP contribution in [0.15, 0.2) is 24.3 Å². The van der Waals surface area contributed by atoms with Crippen molar-refractivity contribution < 1.29 is 59.0 Å². The molecule has 0 radical (unpaired) electrons. The Morgan fingerprint density at radius 3 is 1.91 bits per heavy atom. The van der Waals surface area contributed by atoms with Gasteiger partial charge in [0.1, 0.15) is 36.6 Å². The molecule has 0 saturated heterocycles. The van der Waals surface area contributed by atoms with Crippen LogP contribution in [-0.4, -0.2) is 108 Å². The van der Waals surface area contributed by atoms with Crippen LogP contribution in [0.4, 0.5) is 0 Å². The van der Waals surface area contributed by atoms with Gasteiger partial charge in [-0.25, -0.2) is 4.57 Å². The monoisotopic (exact) mass is 653 g/mol. The number of aliphatic hydroxyl groups is 7. The molecule has 1 aliphatic rings. The van der Waals surface area contributed by atoms with Crippen molar-refractivity contribution in [3.8, 4) is 0 Å². The molecule has 0 heterocycles.